The third kappa shape index (κ3) is 4.25. The van der Waals surface area contributed by atoms with Crippen molar-refractivity contribution < 1.29 is 27.9 Å². The molecule has 1 rings (SSSR count). The minimum Gasteiger partial charge on any atom is -0.479 e. The fourth-order valence-corrected chi connectivity index (χ4v) is 2.39. The number of hydrogen-bond acceptors (Lipinski definition) is 2. The maximum absolute atomic E-state index is 12.8. The number of urea groups is 1. The van der Waals surface area contributed by atoms with Crippen LogP contribution in [0.2, 0.25) is 0 Å². The maximum Gasteiger partial charge on any atom is 0.422 e. The van der Waals surface area contributed by atoms with Gasteiger partial charge < -0.3 is 15.7 Å². The SMILES string of the molecule is CC1(CNC(=O)NC(C)(C(=O)O)C(F)(F)F)CCCCC1. The van der Waals surface area contributed by atoms with Gasteiger partial charge in [0.1, 0.15) is 0 Å². The topological polar surface area (TPSA) is 78.4 Å². The van der Waals surface area contributed by atoms with E-state index in [9.17, 15) is 22.8 Å². The predicted molar refractivity (Wildman–Crippen MR) is 69.8 cm³/mol. The smallest absolute Gasteiger partial charge is 0.422 e. The Kier molecular flexibility index (Phi) is 5.11. The molecule has 21 heavy (non-hydrogen) atoms. The van der Waals surface area contributed by atoms with Gasteiger partial charge in [0.2, 0.25) is 5.54 Å². The van der Waals surface area contributed by atoms with Crippen LogP contribution in [0, 0.1) is 5.41 Å². The van der Waals surface area contributed by atoms with Gasteiger partial charge in [0.25, 0.3) is 0 Å². The Balaban J connectivity index is 2.61. The highest BCUT2D eigenvalue weighted by molar-refractivity contribution is 5.86. The van der Waals surface area contributed by atoms with Crippen LogP contribution >= 0.6 is 0 Å². The van der Waals surface area contributed by atoms with Gasteiger partial charge in [-0.2, -0.15) is 13.2 Å². The monoisotopic (exact) mass is 310 g/mol. The Morgan fingerprint density at radius 1 is 1.19 bits per heavy atom. The van der Waals surface area contributed by atoms with Crippen LogP contribution < -0.4 is 10.6 Å². The Morgan fingerprint density at radius 3 is 2.14 bits per heavy atom. The van der Waals surface area contributed by atoms with Crippen LogP contribution in [-0.2, 0) is 4.79 Å². The number of carbonyl (C=O) groups excluding carboxylic acids is 1. The number of hydrogen-bond donors (Lipinski definition) is 3. The average Bonchev–Trinajstić information content (AvgIpc) is 2.36. The van der Waals surface area contributed by atoms with Gasteiger partial charge >= 0.3 is 18.2 Å². The molecule has 0 aliphatic heterocycles. The molecule has 5 nitrogen and oxygen atoms in total. The van der Waals surface area contributed by atoms with Crippen molar-refractivity contribution in [1.29, 1.82) is 0 Å². The van der Waals surface area contributed by atoms with Gasteiger partial charge in [0, 0.05) is 6.54 Å². The first kappa shape index (κ1) is 17.6. The quantitative estimate of drug-likeness (QED) is 0.747. The third-order valence-corrected chi connectivity index (χ3v) is 4.09. The van der Waals surface area contributed by atoms with Gasteiger partial charge in [0.15, 0.2) is 0 Å². The second-order valence-corrected chi connectivity index (χ2v) is 6.11. The summed E-state index contributed by atoms with van der Waals surface area (Å²) in [6.45, 7) is 2.62. The third-order valence-electron chi connectivity index (χ3n) is 4.09. The van der Waals surface area contributed by atoms with Crippen molar-refractivity contribution in [2.75, 3.05) is 6.54 Å². The number of rotatable bonds is 4. The number of alkyl halides is 3. The second kappa shape index (κ2) is 6.11. The van der Waals surface area contributed by atoms with Crippen LogP contribution in [0.25, 0.3) is 0 Å². The fourth-order valence-electron chi connectivity index (χ4n) is 2.39. The zero-order valence-corrected chi connectivity index (χ0v) is 12.1. The summed E-state index contributed by atoms with van der Waals surface area (Å²) in [6.07, 6.45) is -0.131. The van der Waals surface area contributed by atoms with Gasteiger partial charge in [-0.25, -0.2) is 9.59 Å². The molecule has 8 heteroatoms. The van der Waals surface area contributed by atoms with Crippen molar-refractivity contribution in [2.45, 2.75) is 57.7 Å². The first-order valence-corrected chi connectivity index (χ1v) is 6.86. The number of carboxylic acid groups (broad SMARTS) is 1. The van der Waals surface area contributed by atoms with E-state index in [1.807, 2.05) is 6.92 Å². The highest BCUT2D eigenvalue weighted by Gasteiger charge is 2.58. The predicted octanol–water partition coefficient (Wildman–Crippen LogP) is 2.66. The molecule has 1 aliphatic rings. The first-order chi connectivity index (χ1) is 9.50. The van der Waals surface area contributed by atoms with Crippen molar-refractivity contribution in [1.82, 2.24) is 10.6 Å². The van der Waals surface area contributed by atoms with Crippen molar-refractivity contribution in [2.24, 2.45) is 5.41 Å². The highest BCUT2D eigenvalue weighted by Crippen LogP contribution is 2.35. The molecule has 1 aliphatic carbocycles. The van der Waals surface area contributed by atoms with Crippen molar-refractivity contribution in [3.63, 3.8) is 0 Å². The van der Waals surface area contributed by atoms with Crippen LogP contribution in [0.1, 0.15) is 46.0 Å². The number of nitrogens with one attached hydrogen (secondary N) is 2. The molecule has 1 fully saturated rings. The van der Waals surface area contributed by atoms with Crippen LogP contribution in [0.4, 0.5) is 18.0 Å². The van der Waals surface area contributed by atoms with Gasteiger partial charge in [-0.15, -0.1) is 0 Å². The first-order valence-electron chi connectivity index (χ1n) is 6.86. The Labute approximate surface area is 121 Å². The zero-order valence-electron chi connectivity index (χ0n) is 12.1. The summed E-state index contributed by atoms with van der Waals surface area (Å²) in [5.74, 6) is -2.14. The van der Waals surface area contributed by atoms with Crippen molar-refractivity contribution in [3.8, 4) is 0 Å². The number of carbonyl (C=O) groups is 2. The summed E-state index contributed by atoms with van der Waals surface area (Å²) in [5, 5.41) is 12.6. The van der Waals surface area contributed by atoms with Crippen LogP contribution in [0.3, 0.4) is 0 Å². The van der Waals surface area contributed by atoms with E-state index in [0.717, 1.165) is 32.1 Å². The summed E-state index contributed by atoms with van der Waals surface area (Å²) in [7, 11) is 0. The van der Waals surface area contributed by atoms with Gasteiger partial charge in [-0.3, -0.25) is 0 Å². The van der Waals surface area contributed by atoms with E-state index in [4.69, 9.17) is 5.11 Å². The molecule has 3 N–H and O–H groups in total. The molecular weight excluding hydrogens is 289 g/mol. The molecule has 0 spiro atoms. The number of aliphatic carboxylic acids is 1. The molecule has 0 heterocycles. The summed E-state index contributed by atoms with van der Waals surface area (Å²) in [4.78, 5) is 22.4. The van der Waals surface area contributed by atoms with E-state index >= 15 is 0 Å². The molecule has 0 bridgehead atoms. The zero-order chi connectivity index (χ0) is 16.3. The lowest BCUT2D eigenvalue weighted by Crippen LogP contribution is -2.64. The number of carboxylic acids is 1. The van der Waals surface area contributed by atoms with Crippen molar-refractivity contribution >= 4 is 12.0 Å². The number of halogens is 3. The van der Waals surface area contributed by atoms with E-state index in [1.54, 1.807) is 0 Å². The largest absolute Gasteiger partial charge is 0.479 e. The van der Waals surface area contributed by atoms with E-state index in [1.165, 1.54) is 5.32 Å². The van der Waals surface area contributed by atoms with Crippen molar-refractivity contribution in [3.05, 3.63) is 0 Å². The highest BCUT2D eigenvalue weighted by atomic mass is 19.4. The Hall–Kier alpha value is -1.47. The van der Waals surface area contributed by atoms with Crippen LogP contribution in [-0.4, -0.2) is 35.4 Å². The molecule has 0 aromatic carbocycles. The standard InChI is InChI=1S/C13H21F3N2O3/c1-11(6-4-3-5-7-11)8-17-10(21)18-12(2,9(19)20)13(14,15)16/h3-8H2,1-2H3,(H,19,20)(H2,17,18,21). The average molecular weight is 310 g/mol. The maximum atomic E-state index is 12.8. The van der Waals surface area contributed by atoms with Gasteiger partial charge in [-0.05, 0) is 25.2 Å². The summed E-state index contributed by atoms with van der Waals surface area (Å²) in [5.41, 5.74) is -3.45. The Morgan fingerprint density at radius 2 is 1.71 bits per heavy atom. The molecule has 0 radical (unpaired) electrons. The van der Waals surface area contributed by atoms with E-state index in [2.05, 4.69) is 5.32 Å². The molecular formula is C13H21F3N2O3. The minimum absolute atomic E-state index is 0.145. The molecule has 0 saturated heterocycles. The van der Waals surface area contributed by atoms with Crippen LogP contribution in [0.15, 0.2) is 0 Å². The lowest BCUT2D eigenvalue weighted by Gasteiger charge is -2.34. The lowest BCUT2D eigenvalue weighted by molar-refractivity contribution is -0.203. The van der Waals surface area contributed by atoms with Gasteiger partial charge in [0.05, 0.1) is 0 Å². The minimum atomic E-state index is -5.08. The second-order valence-electron chi connectivity index (χ2n) is 6.11. The fraction of sp³-hybridized carbons (Fsp3) is 0.846. The summed E-state index contributed by atoms with van der Waals surface area (Å²) in [6, 6.07) is -1.12. The van der Waals surface area contributed by atoms with E-state index in [0.29, 0.717) is 6.92 Å². The molecule has 2 amide bonds. The molecule has 0 aromatic rings. The molecule has 0 aromatic heterocycles. The molecule has 1 atom stereocenters. The van der Waals surface area contributed by atoms with Gasteiger partial charge in [-0.1, -0.05) is 26.2 Å². The normalized spacial score (nSPS) is 21.2. The molecule has 1 unspecified atom stereocenters. The van der Waals surface area contributed by atoms with E-state index in [-0.39, 0.29) is 12.0 Å². The summed E-state index contributed by atoms with van der Waals surface area (Å²) >= 11 is 0. The molecule has 1 saturated carbocycles. The van der Waals surface area contributed by atoms with E-state index < -0.39 is 23.7 Å². The Bertz CT molecular complexity index is 406. The number of amides is 2. The van der Waals surface area contributed by atoms with Crippen LogP contribution in [0.5, 0.6) is 0 Å². The lowest BCUT2D eigenvalue weighted by atomic mass is 9.76. The summed E-state index contributed by atoms with van der Waals surface area (Å²) < 4.78 is 38.3. The molecule has 122 valence electrons.